The molecule has 2 aromatic carbocycles. The summed E-state index contributed by atoms with van der Waals surface area (Å²) in [5.41, 5.74) is 0.929. The standard InChI is InChI=1S/C23H18Cl2N2O4S/c1-30-22(28)19-20-17(11-12-18(26-20)32-16-9-5-14(25)6-10-16)27(21(19)23(29)31-2)15-7-3-13(24)4-8-15/h3-12,17,20H,1-2H3/t17-,20+/m0/s1. The van der Waals surface area contributed by atoms with E-state index in [0.29, 0.717) is 20.8 Å². The summed E-state index contributed by atoms with van der Waals surface area (Å²) in [6, 6.07) is 13.3. The van der Waals surface area contributed by atoms with E-state index in [9.17, 15) is 9.59 Å². The molecule has 0 saturated carbocycles. The monoisotopic (exact) mass is 488 g/mol. The lowest BCUT2D eigenvalue weighted by atomic mass is 10.0. The van der Waals surface area contributed by atoms with E-state index in [1.807, 2.05) is 24.3 Å². The number of hydrogen-bond donors (Lipinski definition) is 0. The molecule has 0 aromatic heterocycles. The van der Waals surface area contributed by atoms with Crippen LogP contribution >= 0.6 is 35.0 Å². The molecular weight excluding hydrogens is 471 g/mol. The summed E-state index contributed by atoms with van der Waals surface area (Å²) < 4.78 is 10.0. The molecule has 6 nitrogen and oxygen atoms in total. The predicted octanol–water partition coefficient (Wildman–Crippen LogP) is 4.91. The van der Waals surface area contributed by atoms with Crippen molar-refractivity contribution < 1.29 is 19.1 Å². The lowest BCUT2D eigenvalue weighted by Gasteiger charge is -2.30. The van der Waals surface area contributed by atoms with E-state index < -0.39 is 24.0 Å². The van der Waals surface area contributed by atoms with Crippen LogP contribution in [0.3, 0.4) is 0 Å². The van der Waals surface area contributed by atoms with Crippen LogP contribution in [0.2, 0.25) is 10.0 Å². The Kier molecular flexibility index (Phi) is 6.60. The highest BCUT2D eigenvalue weighted by Crippen LogP contribution is 2.40. The van der Waals surface area contributed by atoms with Crippen molar-refractivity contribution in [2.24, 2.45) is 4.99 Å². The Morgan fingerprint density at radius 3 is 2.12 bits per heavy atom. The van der Waals surface area contributed by atoms with Gasteiger partial charge in [-0.3, -0.25) is 4.99 Å². The van der Waals surface area contributed by atoms with Crippen molar-refractivity contribution in [3.05, 3.63) is 82.0 Å². The van der Waals surface area contributed by atoms with Gasteiger partial charge in [-0.25, -0.2) is 9.59 Å². The number of hydrogen-bond acceptors (Lipinski definition) is 7. The molecule has 0 saturated heterocycles. The SMILES string of the molecule is COC(=O)C1=C(C(=O)OC)N(c2ccc(Cl)cc2)[C@H]2C=CC(Sc3ccc(Cl)cc3)=N[C@@H]12. The largest absolute Gasteiger partial charge is 0.466 e. The highest BCUT2D eigenvalue weighted by Gasteiger charge is 2.48. The number of aliphatic imine (C=N–C) groups is 1. The summed E-state index contributed by atoms with van der Waals surface area (Å²) in [4.78, 5) is 33.1. The van der Waals surface area contributed by atoms with Crippen molar-refractivity contribution in [1.82, 2.24) is 0 Å². The number of methoxy groups -OCH3 is 2. The van der Waals surface area contributed by atoms with Gasteiger partial charge in [-0.2, -0.15) is 0 Å². The topological polar surface area (TPSA) is 68.2 Å². The van der Waals surface area contributed by atoms with Crippen LogP contribution in [0, 0.1) is 0 Å². The third-order valence-corrected chi connectivity index (χ3v) is 6.50. The molecule has 0 aliphatic carbocycles. The highest BCUT2D eigenvalue weighted by molar-refractivity contribution is 8.14. The zero-order chi connectivity index (χ0) is 22.8. The molecule has 0 bridgehead atoms. The second-order valence-corrected chi connectivity index (χ2v) is 8.88. The summed E-state index contributed by atoms with van der Waals surface area (Å²) in [5, 5.41) is 1.89. The maximum absolute atomic E-state index is 12.8. The summed E-state index contributed by atoms with van der Waals surface area (Å²) in [5.74, 6) is -1.28. The van der Waals surface area contributed by atoms with Crippen molar-refractivity contribution in [1.29, 1.82) is 0 Å². The molecule has 164 valence electrons. The first kappa shape index (κ1) is 22.5. The number of fused-ring (bicyclic) bond motifs is 1. The lowest BCUT2D eigenvalue weighted by Crippen LogP contribution is -2.38. The quantitative estimate of drug-likeness (QED) is 0.569. The fraction of sp³-hybridized carbons (Fsp3) is 0.174. The fourth-order valence-corrected chi connectivity index (χ4v) is 4.72. The van der Waals surface area contributed by atoms with Crippen LogP contribution in [0.15, 0.2) is 81.8 Å². The number of dihydropyridines is 1. The molecule has 2 aliphatic heterocycles. The second kappa shape index (κ2) is 9.40. The number of thioether (sulfide) groups is 1. The number of rotatable bonds is 4. The molecule has 0 N–H and O–H groups in total. The summed E-state index contributed by atoms with van der Waals surface area (Å²) >= 11 is 13.5. The van der Waals surface area contributed by atoms with Gasteiger partial charge >= 0.3 is 11.9 Å². The maximum Gasteiger partial charge on any atom is 0.355 e. The van der Waals surface area contributed by atoms with Gasteiger partial charge in [-0.1, -0.05) is 41.0 Å². The number of esters is 2. The third-order valence-electron chi connectivity index (χ3n) is 5.04. The van der Waals surface area contributed by atoms with Crippen molar-refractivity contribution in [2.45, 2.75) is 17.0 Å². The van der Waals surface area contributed by atoms with Gasteiger partial charge < -0.3 is 14.4 Å². The van der Waals surface area contributed by atoms with E-state index in [1.54, 1.807) is 41.3 Å². The van der Waals surface area contributed by atoms with Crippen LogP contribution < -0.4 is 4.90 Å². The summed E-state index contributed by atoms with van der Waals surface area (Å²) in [6.45, 7) is 0. The van der Waals surface area contributed by atoms with Crippen LogP contribution in [0.4, 0.5) is 5.69 Å². The molecule has 2 heterocycles. The summed E-state index contributed by atoms with van der Waals surface area (Å²) in [6.07, 6.45) is 3.79. The van der Waals surface area contributed by atoms with E-state index in [0.717, 1.165) is 4.90 Å². The van der Waals surface area contributed by atoms with E-state index in [2.05, 4.69) is 0 Å². The minimum absolute atomic E-state index is 0.0998. The Labute approximate surface area is 199 Å². The normalized spacial score (nSPS) is 19.5. The first-order valence-corrected chi connectivity index (χ1v) is 11.1. The van der Waals surface area contributed by atoms with Crippen molar-refractivity contribution in [3.8, 4) is 0 Å². The van der Waals surface area contributed by atoms with E-state index in [1.165, 1.54) is 26.0 Å². The average Bonchev–Trinajstić information content (AvgIpc) is 3.14. The van der Waals surface area contributed by atoms with E-state index >= 15 is 0 Å². The number of anilines is 1. The minimum atomic E-state index is -0.648. The summed E-state index contributed by atoms with van der Waals surface area (Å²) in [7, 11) is 2.54. The Hall–Kier alpha value is -2.74. The van der Waals surface area contributed by atoms with Gasteiger partial charge in [0.2, 0.25) is 0 Å². The molecule has 0 spiro atoms. The molecule has 0 fully saturated rings. The van der Waals surface area contributed by atoms with Crippen molar-refractivity contribution in [3.63, 3.8) is 0 Å². The van der Waals surface area contributed by atoms with Crippen LogP contribution in [0.5, 0.6) is 0 Å². The molecule has 2 aliphatic rings. The Bertz CT molecular complexity index is 1140. The van der Waals surface area contributed by atoms with E-state index in [4.69, 9.17) is 37.7 Å². The number of halogens is 2. The van der Waals surface area contributed by atoms with Gasteiger partial charge in [0.15, 0.2) is 0 Å². The molecule has 2 atom stereocenters. The Balaban J connectivity index is 1.79. The molecular formula is C23H18Cl2N2O4S. The number of benzene rings is 2. The molecule has 0 radical (unpaired) electrons. The first-order chi connectivity index (χ1) is 15.4. The van der Waals surface area contributed by atoms with Crippen LogP contribution in [0.1, 0.15) is 0 Å². The predicted molar refractivity (Wildman–Crippen MR) is 126 cm³/mol. The second-order valence-electron chi connectivity index (χ2n) is 6.91. The number of nitrogens with zero attached hydrogens (tertiary/aromatic N) is 2. The average molecular weight is 489 g/mol. The van der Waals surface area contributed by atoms with Gasteiger partial charge in [-0.15, -0.1) is 0 Å². The van der Waals surface area contributed by atoms with Crippen molar-refractivity contribution in [2.75, 3.05) is 19.1 Å². The maximum atomic E-state index is 12.8. The molecule has 2 aromatic rings. The van der Waals surface area contributed by atoms with Gasteiger partial charge in [0, 0.05) is 20.6 Å². The zero-order valence-corrected chi connectivity index (χ0v) is 19.4. The van der Waals surface area contributed by atoms with Crippen LogP contribution in [0.25, 0.3) is 0 Å². The number of carbonyl (C=O) groups is 2. The molecule has 4 rings (SSSR count). The molecule has 32 heavy (non-hydrogen) atoms. The minimum Gasteiger partial charge on any atom is -0.466 e. The molecule has 0 unspecified atom stereocenters. The Morgan fingerprint density at radius 2 is 1.53 bits per heavy atom. The van der Waals surface area contributed by atoms with Gasteiger partial charge in [0.05, 0.1) is 30.9 Å². The fourth-order valence-electron chi connectivity index (χ4n) is 3.64. The highest BCUT2D eigenvalue weighted by atomic mass is 35.5. The molecule has 9 heteroatoms. The third kappa shape index (κ3) is 4.28. The molecule has 0 amide bonds. The number of carbonyl (C=O) groups excluding carboxylic acids is 2. The van der Waals surface area contributed by atoms with E-state index in [-0.39, 0.29) is 11.3 Å². The first-order valence-electron chi connectivity index (χ1n) is 9.58. The van der Waals surface area contributed by atoms with Crippen LogP contribution in [-0.4, -0.2) is 43.3 Å². The van der Waals surface area contributed by atoms with Gasteiger partial charge in [0.25, 0.3) is 0 Å². The zero-order valence-electron chi connectivity index (χ0n) is 17.1. The van der Waals surface area contributed by atoms with Gasteiger partial charge in [0.1, 0.15) is 11.7 Å². The van der Waals surface area contributed by atoms with Crippen LogP contribution in [-0.2, 0) is 19.1 Å². The lowest BCUT2D eigenvalue weighted by molar-refractivity contribution is -0.139. The smallest absolute Gasteiger partial charge is 0.355 e. The number of ether oxygens (including phenoxy) is 2. The van der Waals surface area contributed by atoms with Gasteiger partial charge in [-0.05, 0) is 54.6 Å². The van der Waals surface area contributed by atoms with Crippen molar-refractivity contribution >= 4 is 57.6 Å². The Morgan fingerprint density at radius 1 is 0.938 bits per heavy atom.